The first-order valence-electron chi connectivity index (χ1n) is 7.55. The van der Waals surface area contributed by atoms with Crippen LogP contribution in [-0.4, -0.2) is 16.8 Å². The zero-order valence-electron chi connectivity index (χ0n) is 13.3. The highest BCUT2D eigenvalue weighted by Gasteiger charge is 2.11. The molecule has 0 unspecified atom stereocenters. The molecule has 3 aromatic rings. The van der Waals surface area contributed by atoms with E-state index in [1.807, 2.05) is 31.2 Å². The fourth-order valence-electron chi connectivity index (χ4n) is 2.09. The minimum atomic E-state index is -0.312. The van der Waals surface area contributed by atoms with Crippen LogP contribution in [0.25, 0.3) is 0 Å². The Morgan fingerprint density at radius 2 is 2.04 bits per heavy atom. The van der Waals surface area contributed by atoms with E-state index in [2.05, 4.69) is 15.5 Å². The molecular weight excluding hydrogens is 381 g/mol. The number of halogens is 2. The standard InChI is InChI=1S/C17H15ClFN3OS2/c1-2-23-15-9-4-3-8-14(15)20-16-21-22-17(25-16)24-10-11-12(18)6-5-7-13(11)19/h3-9H,2,10H2,1H3,(H,20,21). The Morgan fingerprint density at radius 1 is 1.20 bits per heavy atom. The zero-order chi connectivity index (χ0) is 17.6. The number of anilines is 2. The average molecular weight is 396 g/mol. The summed E-state index contributed by atoms with van der Waals surface area (Å²) in [6.45, 7) is 2.52. The van der Waals surface area contributed by atoms with Gasteiger partial charge in [-0.1, -0.05) is 52.9 Å². The van der Waals surface area contributed by atoms with Crippen LogP contribution < -0.4 is 10.1 Å². The van der Waals surface area contributed by atoms with E-state index in [4.69, 9.17) is 16.3 Å². The number of aromatic nitrogens is 2. The van der Waals surface area contributed by atoms with E-state index in [1.165, 1.54) is 29.2 Å². The molecule has 1 N–H and O–H groups in total. The maximum absolute atomic E-state index is 13.8. The molecule has 0 aliphatic heterocycles. The minimum absolute atomic E-state index is 0.312. The normalized spacial score (nSPS) is 10.7. The molecule has 25 heavy (non-hydrogen) atoms. The largest absolute Gasteiger partial charge is 0.492 e. The van der Waals surface area contributed by atoms with Crippen LogP contribution in [0.2, 0.25) is 5.02 Å². The second-order valence-electron chi connectivity index (χ2n) is 4.92. The van der Waals surface area contributed by atoms with Crippen LogP contribution in [0.3, 0.4) is 0 Å². The van der Waals surface area contributed by atoms with E-state index < -0.39 is 0 Å². The summed E-state index contributed by atoms with van der Waals surface area (Å²) in [5, 5.41) is 12.5. The first kappa shape index (κ1) is 18.0. The highest BCUT2D eigenvalue weighted by atomic mass is 35.5. The van der Waals surface area contributed by atoms with Gasteiger partial charge < -0.3 is 10.1 Å². The molecule has 0 spiro atoms. The highest BCUT2D eigenvalue weighted by Crippen LogP contribution is 2.34. The van der Waals surface area contributed by atoms with E-state index in [-0.39, 0.29) is 5.82 Å². The van der Waals surface area contributed by atoms with Gasteiger partial charge in [0.25, 0.3) is 0 Å². The van der Waals surface area contributed by atoms with Gasteiger partial charge in [-0.25, -0.2) is 4.39 Å². The second-order valence-corrected chi connectivity index (χ2v) is 7.52. The number of rotatable bonds is 7. The second kappa shape index (κ2) is 8.51. The van der Waals surface area contributed by atoms with Crippen molar-refractivity contribution in [3.63, 3.8) is 0 Å². The highest BCUT2D eigenvalue weighted by molar-refractivity contribution is 8.00. The van der Waals surface area contributed by atoms with Gasteiger partial charge in [-0.2, -0.15) is 0 Å². The molecule has 3 rings (SSSR count). The van der Waals surface area contributed by atoms with Crippen molar-refractivity contribution in [3.05, 3.63) is 58.9 Å². The molecule has 8 heteroatoms. The molecule has 0 saturated heterocycles. The van der Waals surface area contributed by atoms with E-state index in [1.54, 1.807) is 12.1 Å². The zero-order valence-corrected chi connectivity index (χ0v) is 15.7. The molecule has 0 saturated carbocycles. The molecule has 0 bridgehead atoms. The van der Waals surface area contributed by atoms with Crippen LogP contribution in [0.5, 0.6) is 5.75 Å². The van der Waals surface area contributed by atoms with Crippen LogP contribution in [0.15, 0.2) is 46.8 Å². The summed E-state index contributed by atoms with van der Waals surface area (Å²) in [4.78, 5) is 0. The van der Waals surface area contributed by atoms with Crippen molar-refractivity contribution in [2.24, 2.45) is 0 Å². The predicted octanol–water partition coefficient (Wildman–Crippen LogP) is 5.77. The number of hydrogen-bond donors (Lipinski definition) is 1. The number of benzene rings is 2. The molecule has 1 heterocycles. The van der Waals surface area contributed by atoms with E-state index >= 15 is 0 Å². The minimum Gasteiger partial charge on any atom is -0.492 e. The third kappa shape index (κ3) is 4.62. The molecule has 0 atom stereocenters. The van der Waals surface area contributed by atoms with Crippen molar-refractivity contribution < 1.29 is 9.13 Å². The Kier molecular flexibility index (Phi) is 6.12. The first-order chi connectivity index (χ1) is 12.2. The fourth-order valence-corrected chi connectivity index (χ4v) is 4.20. The summed E-state index contributed by atoms with van der Waals surface area (Å²) in [6, 6.07) is 12.3. The lowest BCUT2D eigenvalue weighted by atomic mass is 10.2. The average Bonchev–Trinajstić information content (AvgIpc) is 3.04. The Balaban J connectivity index is 1.67. The Labute approximate surface area is 158 Å². The lowest BCUT2D eigenvalue weighted by Gasteiger charge is -2.09. The van der Waals surface area contributed by atoms with Crippen LogP contribution in [-0.2, 0) is 5.75 Å². The van der Waals surface area contributed by atoms with Gasteiger partial charge in [0, 0.05) is 16.3 Å². The monoisotopic (exact) mass is 395 g/mol. The summed E-state index contributed by atoms with van der Waals surface area (Å²) < 4.78 is 20.1. The maximum atomic E-state index is 13.8. The smallest absolute Gasteiger partial charge is 0.210 e. The number of hydrogen-bond acceptors (Lipinski definition) is 6. The maximum Gasteiger partial charge on any atom is 0.210 e. The number of thioether (sulfide) groups is 1. The lowest BCUT2D eigenvalue weighted by molar-refractivity contribution is 0.342. The third-order valence-electron chi connectivity index (χ3n) is 3.24. The van der Waals surface area contributed by atoms with Crippen LogP contribution >= 0.6 is 34.7 Å². The van der Waals surface area contributed by atoms with Gasteiger partial charge in [0.1, 0.15) is 11.6 Å². The van der Waals surface area contributed by atoms with E-state index in [0.717, 1.165) is 15.8 Å². The lowest BCUT2D eigenvalue weighted by Crippen LogP contribution is -1.97. The fraction of sp³-hybridized carbons (Fsp3) is 0.176. The van der Waals surface area contributed by atoms with Crippen LogP contribution in [0.4, 0.5) is 15.2 Å². The molecule has 130 valence electrons. The van der Waals surface area contributed by atoms with Crippen molar-refractivity contribution in [2.45, 2.75) is 17.0 Å². The molecule has 0 aliphatic carbocycles. The molecule has 0 radical (unpaired) electrons. The first-order valence-corrected chi connectivity index (χ1v) is 9.73. The number of ether oxygens (including phenoxy) is 1. The van der Waals surface area contributed by atoms with Gasteiger partial charge in [-0.3, -0.25) is 0 Å². The van der Waals surface area contributed by atoms with Gasteiger partial charge in [0.05, 0.1) is 12.3 Å². The van der Waals surface area contributed by atoms with Crippen molar-refractivity contribution in [2.75, 3.05) is 11.9 Å². The molecule has 0 aliphatic rings. The van der Waals surface area contributed by atoms with Crippen molar-refractivity contribution in [3.8, 4) is 5.75 Å². The summed E-state index contributed by atoms with van der Waals surface area (Å²) >= 11 is 8.83. The van der Waals surface area contributed by atoms with Gasteiger partial charge in [-0.15, -0.1) is 10.2 Å². The van der Waals surface area contributed by atoms with Gasteiger partial charge in [-0.05, 0) is 31.2 Å². The van der Waals surface area contributed by atoms with Crippen molar-refractivity contribution in [1.82, 2.24) is 10.2 Å². The Morgan fingerprint density at radius 3 is 2.84 bits per heavy atom. The summed E-state index contributed by atoms with van der Waals surface area (Å²) in [5.74, 6) is 0.844. The number of nitrogens with zero attached hydrogens (tertiary/aromatic N) is 2. The summed E-state index contributed by atoms with van der Waals surface area (Å²) in [7, 11) is 0. The Bertz CT molecular complexity index is 839. The van der Waals surface area contributed by atoms with Gasteiger partial charge in [0.15, 0.2) is 4.34 Å². The molecule has 4 nitrogen and oxygen atoms in total. The van der Waals surface area contributed by atoms with Crippen molar-refractivity contribution >= 4 is 45.5 Å². The third-order valence-corrected chi connectivity index (χ3v) is 5.59. The number of nitrogens with one attached hydrogen (secondary N) is 1. The molecule has 0 amide bonds. The predicted molar refractivity (Wildman–Crippen MR) is 102 cm³/mol. The summed E-state index contributed by atoms with van der Waals surface area (Å²) in [6.07, 6.45) is 0. The van der Waals surface area contributed by atoms with Crippen LogP contribution in [0, 0.1) is 5.82 Å². The summed E-state index contributed by atoms with van der Waals surface area (Å²) in [5.41, 5.74) is 1.30. The quantitative estimate of drug-likeness (QED) is 0.515. The van der Waals surface area contributed by atoms with Crippen molar-refractivity contribution in [1.29, 1.82) is 0 Å². The van der Waals surface area contributed by atoms with E-state index in [9.17, 15) is 4.39 Å². The van der Waals surface area contributed by atoms with Gasteiger partial charge in [0.2, 0.25) is 5.13 Å². The Hall–Kier alpha value is -1.83. The van der Waals surface area contributed by atoms with Gasteiger partial charge >= 0.3 is 0 Å². The topological polar surface area (TPSA) is 47.0 Å². The molecule has 0 fully saturated rings. The van der Waals surface area contributed by atoms with Crippen LogP contribution in [0.1, 0.15) is 12.5 Å². The number of para-hydroxylation sites is 2. The van der Waals surface area contributed by atoms with E-state index in [0.29, 0.717) is 28.1 Å². The SMILES string of the molecule is CCOc1ccccc1Nc1nnc(SCc2c(F)cccc2Cl)s1. The molecular formula is C17H15ClFN3OS2. The molecule has 1 aromatic heterocycles. The molecule has 2 aromatic carbocycles.